The van der Waals surface area contributed by atoms with E-state index in [2.05, 4.69) is 24.8 Å². The molecule has 0 aromatic heterocycles. The molecule has 0 aliphatic heterocycles. The Labute approximate surface area is 121 Å². The minimum atomic E-state index is -0.305. The molecule has 102 valence electrons. The summed E-state index contributed by atoms with van der Waals surface area (Å²) in [7, 11) is 0. The molecule has 0 spiro atoms. The molecule has 19 heavy (non-hydrogen) atoms. The number of carbonyl (C=O) groups is 1. The van der Waals surface area contributed by atoms with Crippen LogP contribution in [0.2, 0.25) is 0 Å². The number of hydrogen-bond acceptors (Lipinski definition) is 2. The van der Waals surface area contributed by atoms with E-state index in [9.17, 15) is 4.79 Å². The SMILES string of the molecule is CCCCC(=C=CC(=O)OCC)[Se]c1ccccc1. The molecule has 0 saturated heterocycles. The van der Waals surface area contributed by atoms with Gasteiger partial charge in [0.05, 0.1) is 0 Å². The van der Waals surface area contributed by atoms with Crippen molar-refractivity contribution in [1.82, 2.24) is 0 Å². The van der Waals surface area contributed by atoms with Gasteiger partial charge in [0.2, 0.25) is 0 Å². The van der Waals surface area contributed by atoms with Gasteiger partial charge in [-0.25, -0.2) is 0 Å². The molecule has 3 heteroatoms. The zero-order valence-corrected chi connectivity index (χ0v) is 13.2. The van der Waals surface area contributed by atoms with E-state index >= 15 is 0 Å². The minimum absolute atomic E-state index is 0.236. The van der Waals surface area contributed by atoms with Gasteiger partial charge in [0.15, 0.2) is 0 Å². The molecule has 1 aromatic rings. The van der Waals surface area contributed by atoms with Gasteiger partial charge in [0.25, 0.3) is 0 Å². The van der Waals surface area contributed by atoms with Crippen molar-refractivity contribution in [3.05, 3.63) is 46.6 Å². The maximum absolute atomic E-state index is 11.3. The summed E-state index contributed by atoms with van der Waals surface area (Å²) >= 11 is 0.236. The van der Waals surface area contributed by atoms with E-state index in [0.717, 1.165) is 19.3 Å². The first kappa shape index (κ1) is 15.8. The summed E-state index contributed by atoms with van der Waals surface area (Å²) in [5.74, 6) is -0.305. The van der Waals surface area contributed by atoms with Crippen LogP contribution in [-0.4, -0.2) is 27.5 Å². The van der Waals surface area contributed by atoms with Crippen molar-refractivity contribution in [3.63, 3.8) is 0 Å². The molecular weight excluding hydrogens is 303 g/mol. The van der Waals surface area contributed by atoms with Crippen LogP contribution in [0.1, 0.15) is 33.1 Å². The molecule has 0 saturated carbocycles. The van der Waals surface area contributed by atoms with Crippen LogP contribution in [0.3, 0.4) is 0 Å². The molecule has 0 aliphatic carbocycles. The number of ether oxygens (including phenoxy) is 1. The molecular formula is C16H20O2Se. The van der Waals surface area contributed by atoms with Crippen LogP contribution < -0.4 is 4.46 Å². The van der Waals surface area contributed by atoms with Crippen LogP contribution in [0.25, 0.3) is 0 Å². The van der Waals surface area contributed by atoms with E-state index in [1.54, 1.807) is 6.92 Å². The number of carbonyl (C=O) groups excluding carboxylic acids is 1. The van der Waals surface area contributed by atoms with E-state index in [4.69, 9.17) is 4.74 Å². The Morgan fingerprint density at radius 1 is 1.32 bits per heavy atom. The zero-order chi connectivity index (χ0) is 13.9. The van der Waals surface area contributed by atoms with Gasteiger partial charge in [-0.2, -0.15) is 0 Å². The maximum atomic E-state index is 11.3. The predicted molar refractivity (Wildman–Crippen MR) is 79.6 cm³/mol. The molecule has 2 nitrogen and oxygen atoms in total. The molecule has 0 aliphatic rings. The third-order valence-electron chi connectivity index (χ3n) is 2.38. The standard InChI is InChI=1S/C16H20O2Se/c1-3-5-9-15(12-13-16(17)18-4-2)19-14-10-7-6-8-11-14/h6-8,10-11,13H,3-5,9H2,1-2H3. The Hall–Kier alpha value is -1.27. The quantitative estimate of drug-likeness (QED) is 0.334. The fourth-order valence-electron chi connectivity index (χ4n) is 1.44. The first-order chi connectivity index (χ1) is 9.26. The van der Waals surface area contributed by atoms with Crippen molar-refractivity contribution in [1.29, 1.82) is 0 Å². The number of esters is 1. The zero-order valence-electron chi connectivity index (χ0n) is 11.5. The van der Waals surface area contributed by atoms with Crippen LogP contribution in [0.15, 0.2) is 46.6 Å². The molecule has 0 heterocycles. The van der Waals surface area contributed by atoms with E-state index in [1.165, 1.54) is 15.0 Å². The Morgan fingerprint density at radius 2 is 2.05 bits per heavy atom. The van der Waals surface area contributed by atoms with Crippen molar-refractivity contribution in [2.75, 3.05) is 6.61 Å². The van der Waals surface area contributed by atoms with Gasteiger partial charge >= 0.3 is 121 Å². The predicted octanol–water partition coefficient (Wildman–Crippen LogP) is 2.81. The molecule has 0 bridgehead atoms. The molecule has 0 fully saturated rings. The van der Waals surface area contributed by atoms with Crippen LogP contribution in [0.4, 0.5) is 0 Å². The summed E-state index contributed by atoms with van der Waals surface area (Å²) in [6.07, 6.45) is 4.71. The third kappa shape index (κ3) is 7.03. The number of hydrogen-bond donors (Lipinski definition) is 0. The Kier molecular flexibility index (Phi) is 8.00. The summed E-state index contributed by atoms with van der Waals surface area (Å²) in [6.45, 7) is 4.38. The van der Waals surface area contributed by atoms with Crippen LogP contribution in [0.5, 0.6) is 0 Å². The molecule has 0 atom stereocenters. The second kappa shape index (κ2) is 9.63. The number of unbranched alkanes of at least 4 members (excludes halogenated alkanes) is 1. The van der Waals surface area contributed by atoms with Crippen molar-refractivity contribution in [2.24, 2.45) is 0 Å². The van der Waals surface area contributed by atoms with Crippen LogP contribution >= 0.6 is 0 Å². The molecule has 0 amide bonds. The third-order valence-corrected chi connectivity index (χ3v) is 4.64. The molecule has 0 N–H and O–H groups in total. The van der Waals surface area contributed by atoms with Crippen LogP contribution in [0, 0.1) is 0 Å². The van der Waals surface area contributed by atoms with Crippen molar-refractivity contribution >= 4 is 25.4 Å². The average Bonchev–Trinajstić information content (AvgIpc) is 2.43. The van der Waals surface area contributed by atoms with Gasteiger partial charge in [0, 0.05) is 0 Å². The molecule has 0 radical (unpaired) electrons. The second-order valence-electron chi connectivity index (χ2n) is 3.98. The van der Waals surface area contributed by atoms with Gasteiger partial charge in [-0.05, 0) is 0 Å². The Balaban J connectivity index is 2.76. The monoisotopic (exact) mass is 324 g/mol. The van der Waals surface area contributed by atoms with E-state index in [1.807, 2.05) is 18.2 Å². The fourth-order valence-corrected chi connectivity index (χ4v) is 3.42. The Morgan fingerprint density at radius 3 is 2.68 bits per heavy atom. The van der Waals surface area contributed by atoms with Gasteiger partial charge < -0.3 is 0 Å². The topological polar surface area (TPSA) is 26.3 Å². The Bertz CT molecular complexity index is 445. The molecule has 1 aromatic carbocycles. The van der Waals surface area contributed by atoms with Gasteiger partial charge in [-0.3, -0.25) is 0 Å². The molecule has 1 rings (SSSR count). The average molecular weight is 323 g/mol. The van der Waals surface area contributed by atoms with E-state index in [0.29, 0.717) is 6.61 Å². The van der Waals surface area contributed by atoms with Crippen molar-refractivity contribution < 1.29 is 9.53 Å². The summed E-state index contributed by atoms with van der Waals surface area (Å²) in [5.41, 5.74) is 3.13. The fraction of sp³-hybridized carbons (Fsp3) is 0.375. The number of rotatable bonds is 7. The van der Waals surface area contributed by atoms with Gasteiger partial charge in [0.1, 0.15) is 0 Å². The normalized spacial score (nSPS) is 9.58. The van der Waals surface area contributed by atoms with E-state index in [-0.39, 0.29) is 20.9 Å². The second-order valence-corrected chi connectivity index (χ2v) is 6.43. The van der Waals surface area contributed by atoms with Crippen molar-refractivity contribution in [2.45, 2.75) is 33.1 Å². The summed E-state index contributed by atoms with van der Waals surface area (Å²) in [4.78, 5) is 11.3. The van der Waals surface area contributed by atoms with Crippen LogP contribution in [-0.2, 0) is 9.53 Å². The van der Waals surface area contributed by atoms with Crippen molar-refractivity contribution in [3.8, 4) is 0 Å². The number of benzene rings is 1. The summed E-state index contributed by atoms with van der Waals surface area (Å²) in [5, 5.41) is 0. The van der Waals surface area contributed by atoms with E-state index < -0.39 is 0 Å². The van der Waals surface area contributed by atoms with Gasteiger partial charge in [-0.15, -0.1) is 0 Å². The molecule has 0 unspecified atom stereocenters. The van der Waals surface area contributed by atoms with Gasteiger partial charge in [-0.1, -0.05) is 0 Å². The summed E-state index contributed by atoms with van der Waals surface area (Å²) in [6, 6.07) is 10.4. The first-order valence-electron chi connectivity index (χ1n) is 6.61. The first-order valence-corrected chi connectivity index (χ1v) is 8.32. The summed E-state index contributed by atoms with van der Waals surface area (Å²) < 4.78 is 7.41.